The maximum Gasteiger partial charge on any atom is 0.319 e. The topological polar surface area (TPSA) is 63.2 Å². The lowest BCUT2D eigenvalue weighted by atomic mass is 10.1. The molecule has 0 bridgehead atoms. The van der Waals surface area contributed by atoms with E-state index in [9.17, 15) is 4.79 Å². The summed E-state index contributed by atoms with van der Waals surface area (Å²) in [5.74, 6) is 1.45. The largest absolute Gasteiger partial charge is 0.493 e. The van der Waals surface area contributed by atoms with Crippen LogP contribution in [0.5, 0.6) is 5.75 Å². The van der Waals surface area contributed by atoms with Crippen molar-refractivity contribution in [2.75, 3.05) is 11.9 Å². The Bertz CT molecular complexity index is 698. The smallest absolute Gasteiger partial charge is 0.319 e. The van der Waals surface area contributed by atoms with E-state index in [1.165, 1.54) is 0 Å². The van der Waals surface area contributed by atoms with Crippen molar-refractivity contribution in [3.63, 3.8) is 0 Å². The van der Waals surface area contributed by atoms with E-state index in [4.69, 9.17) is 4.74 Å². The van der Waals surface area contributed by atoms with Gasteiger partial charge in [0.15, 0.2) is 0 Å². The van der Waals surface area contributed by atoms with Crippen molar-refractivity contribution in [3.05, 3.63) is 40.3 Å². The molecule has 2 heterocycles. The number of anilines is 1. The van der Waals surface area contributed by atoms with Crippen LogP contribution in [0.4, 0.5) is 10.5 Å². The predicted octanol–water partition coefficient (Wildman–Crippen LogP) is 3.74. The number of amides is 2. The number of ether oxygens (including phenoxy) is 1. The summed E-state index contributed by atoms with van der Waals surface area (Å²) in [6, 6.07) is 5.68. The highest BCUT2D eigenvalue weighted by Gasteiger charge is 2.35. The molecule has 1 saturated carbocycles. The number of urea groups is 1. The molecule has 2 amide bonds. The van der Waals surface area contributed by atoms with Crippen LogP contribution in [0.2, 0.25) is 0 Å². The molecule has 1 aliphatic heterocycles. The van der Waals surface area contributed by atoms with E-state index in [1.54, 1.807) is 17.5 Å². The van der Waals surface area contributed by atoms with Crippen LogP contribution in [0.25, 0.3) is 0 Å². The van der Waals surface area contributed by atoms with Crippen molar-refractivity contribution in [2.24, 2.45) is 5.92 Å². The van der Waals surface area contributed by atoms with Crippen molar-refractivity contribution in [1.29, 1.82) is 0 Å². The molecule has 1 unspecified atom stereocenters. The van der Waals surface area contributed by atoms with Gasteiger partial charge in [0, 0.05) is 17.3 Å². The first kappa shape index (κ1) is 14.5. The highest BCUT2D eigenvalue weighted by Crippen LogP contribution is 2.41. The number of rotatable bonds is 4. The van der Waals surface area contributed by atoms with Crippen LogP contribution in [-0.4, -0.2) is 17.6 Å². The Morgan fingerprint density at radius 1 is 1.39 bits per heavy atom. The molecule has 2 aromatic rings. The van der Waals surface area contributed by atoms with Gasteiger partial charge in [-0.25, -0.2) is 9.78 Å². The van der Waals surface area contributed by atoms with Gasteiger partial charge in [-0.2, -0.15) is 0 Å². The minimum atomic E-state index is -0.172. The van der Waals surface area contributed by atoms with Crippen molar-refractivity contribution in [1.82, 2.24) is 10.3 Å². The number of thiazole rings is 1. The fourth-order valence-electron chi connectivity index (χ4n) is 2.95. The molecule has 1 fully saturated rings. The summed E-state index contributed by atoms with van der Waals surface area (Å²) in [6.45, 7) is 0.775. The molecule has 1 aliphatic carbocycles. The van der Waals surface area contributed by atoms with Crippen molar-refractivity contribution in [2.45, 2.75) is 31.7 Å². The van der Waals surface area contributed by atoms with Crippen LogP contribution in [0, 0.1) is 5.92 Å². The summed E-state index contributed by atoms with van der Waals surface area (Å²) in [5.41, 5.74) is 1.97. The van der Waals surface area contributed by atoms with Gasteiger partial charge in [0.2, 0.25) is 0 Å². The SMILES string of the molecule is O=C(Nc1ccc2c(c1)CCCO2)NC(c1nccs1)C1CC1. The average molecular weight is 329 g/mol. The second kappa shape index (κ2) is 6.20. The van der Waals surface area contributed by atoms with Gasteiger partial charge in [-0.3, -0.25) is 0 Å². The molecule has 1 aromatic heterocycles. The molecule has 120 valence electrons. The minimum absolute atomic E-state index is 0.0240. The third kappa shape index (κ3) is 3.32. The maximum atomic E-state index is 12.3. The van der Waals surface area contributed by atoms with Crippen LogP contribution >= 0.6 is 11.3 Å². The summed E-state index contributed by atoms with van der Waals surface area (Å²) in [5, 5.41) is 8.95. The van der Waals surface area contributed by atoms with Gasteiger partial charge < -0.3 is 15.4 Å². The number of fused-ring (bicyclic) bond motifs is 1. The van der Waals surface area contributed by atoms with E-state index < -0.39 is 0 Å². The Morgan fingerprint density at radius 2 is 2.30 bits per heavy atom. The molecule has 1 atom stereocenters. The van der Waals surface area contributed by atoms with E-state index >= 15 is 0 Å². The van der Waals surface area contributed by atoms with E-state index in [2.05, 4.69) is 15.6 Å². The molecule has 2 N–H and O–H groups in total. The number of aryl methyl sites for hydroxylation is 1. The number of carbonyl (C=O) groups is 1. The number of benzene rings is 1. The Labute approximate surface area is 139 Å². The highest BCUT2D eigenvalue weighted by molar-refractivity contribution is 7.09. The number of carbonyl (C=O) groups excluding carboxylic acids is 1. The van der Waals surface area contributed by atoms with E-state index in [-0.39, 0.29) is 12.1 Å². The second-order valence-corrected chi connectivity index (χ2v) is 6.98. The van der Waals surface area contributed by atoms with E-state index in [0.717, 1.165) is 54.3 Å². The highest BCUT2D eigenvalue weighted by atomic mass is 32.1. The molecular formula is C17H19N3O2S. The molecule has 0 saturated heterocycles. The quantitative estimate of drug-likeness (QED) is 0.898. The monoisotopic (exact) mass is 329 g/mol. The number of hydrogen-bond donors (Lipinski definition) is 2. The van der Waals surface area contributed by atoms with Crippen LogP contribution in [0.3, 0.4) is 0 Å². The standard InChI is InChI=1S/C17H19N3O2S/c21-17(20-15(11-3-4-11)16-18-7-9-23-16)19-13-5-6-14-12(10-13)2-1-8-22-14/h5-7,9-11,15H,1-4,8H2,(H2,19,20,21). The molecule has 4 rings (SSSR count). The second-order valence-electron chi connectivity index (χ2n) is 6.06. The average Bonchev–Trinajstić information content (AvgIpc) is 3.26. The maximum absolute atomic E-state index is 12.3. The zero-order valence-corrected chi connectivity index (χ0v) is 13.6. The molecule has 0 spiro atoms. The van der Waals surface area contributed by atoms with Gasteiger partial charge in [-0.1, -0.05) is 0 Å². The number of aromatic nitrogens is 1. The van der Waals surface area contributed by atoms with Gasteiger partial charge in [-0.05, 0) is 55.4 Å². The summed E-state index contributed by atoms with van der Waals surface area (Å²) in [7, 11) is 0. The zero-order valence-electron chi connectivity index (χ0n) is 12.7. The minimum Gasteiger partial charge on any atom is -0.493 e. The van der Waals surface area contributed by atoms with Crippen molar-refractivity contribution in [3.8, 4) is 5.75 Å². The molecule has 5 nitrogen and oxygen atoms in total. The Morgan fingerprint density at radius 3 is 3.09 bits per heavy atom. The van der Waals surface area contributed by atoms with Crippen LogP contribution < -0.4 is 15.4 Å². The summed E-state index contributed by atoms with van der Waals surface area (Å²) in [6.07, 6.45) is 6.12. The molecular weight excluding hydrogens is 310 g/mol. The van der Waals surface area contributed by atoms with Crippen molar-refractivity contribution < 1.29 is 9.53 Å². The third-order valence-corrected chi connectivity index (χ3v) is 5.12. The Balaban J connectivity index is 1.43. The van der Waals surface area contributed by atoms with Gasteiger partial charge in [-0.15, -0.1) is 11.3 Å². The predicted molar refractivity (Wildman–Crippen MR) is 90.0 cm³/mol. The van der Waals surface area contributed by atoms with Crippen LogP contribution in [-0.2, 0) is 6.42 Å². The first-order chi connectivity index (χ1) is 11.3. The summed E-state index contributed by atoms with van der Waals surface area (Å²) in [4.78, 5) is 16.7. The van der Waals surface area contributed by atoms with Gasteiger partial charge >= 0.3 is 6.03 Å². The third-order valence-electron chi connectivity index (χ3n) is 4.26. The van der Waals surface area contributed by atoms with Gasteiger partial charge in [0.05, 0.1) is 12.6 Å². The number of hydrogen-bond acceptors (Lipinski definition) is 4. The Kier molecular flexibility index (Phi) is 3.91. The fourth-order valence-corrected chi connectivity index (χ4v) is 3.73. The Hall–Kier alpha value is -2.08. The van der Waals surface area contributed by atoms with E-state index in [1.807, 2.05) is 23.6 Å². The zero-order chi connectivity index (χ0) is 15.6. The number of nitrogens with zero attached hydrogens (tertiary/aromatic N) is 1. The summed E-state index contributed by atoms with van der Waals surface area (Å²) >= 11 is 1.60. The van der Waals surface area contributed by atoms with Crippen molar-refractivity contribution >= 4 is 23.1 Å². The fraction of sp³-hybridized carbons (Fsp3) is 0.412. The molecule has 1 aromatic carbocycles. The lowest BCUT2D eigenvalue weighted by Gasteiger charge is -2.19. The lowest BCUT2D eigenvalue weighted by molar-refractivity contribution is 0.247. The molecule has 0 radical (unpaired) electrons. The normalized spacial score (nSPS) is 17.7. The van der Waals surface area contributed by atoms with Gasteiger partial charge in [0.1, 0.15) is 10.8 Å². The molecule has 2 aliphatic rings. The van der Waals surface area contributed by atoms with Gasteiger partial charge in [0.25, 0.3) is 0 Å². The lowest BCUT2D eigenvalue weighted by Crippen LogP contribution is -2.33. The molecule has 23 heavy (non-hydrogen) atoms. The van der Waals surface area contributed by atoms with Crippen LogP contribution in [0.15, 0.2) is 29.8 Å². The number of nitrogens with one attached hydrogen (secondary N) is 2. The first-order valence-electron chi connectivity index (χ1n) is 8.02. The van der Waals surface area contributed by atoms with E-state index in [0.29, 0.717) is 5.92 Å². The summed E-state index contributed by atoms with van der Waals surface area (Å²) < 4.78 is 5.60. The first-order valence-corrected chi connectivity index (χ1v) is 8.90. The van der Waals surface area contributed by atoms with Crippen LogP contribution in [0.1, 0.15) is 35.9 Å². The molecule has 6 heteroatoms.